The molecule has 104 valence electrons. The number of aryl methyl sites for hydroxylation is 1. The van der Waals surface area contributed by atoms with Gasteiger partial charge in [0.25, 0.3) is 5.56 Å². The highest BCUT2D eigenvalue weighted by atomic mass is 32.1. The first-order valence-electron chi connectivity index (χ1n) is 6.48. The van der Waals surface area contributed by atoms with Gasteiger partial charge < -0.3 is 9.42 Å². The monoisotopic (exact) mass is 290 g/mol. The lowest BCUT2D eigenvalue weighted by Crippen LogP contribution is -2.32. The van der Waals surface area contributed by atoms with Gasteiger partial charge in [-0.25, -0.2) is 0 Å². The van der Waals surface area contributed by atoms with Crippen molar-refractivity contribution in [2.75, 3.05) is 18.0 Å². The molecule has 0 aliphatic carbocycles. The Kier molecular flexibility index (Phi) is 3.32. The van der Waals surface area contributed by atoms with E-state index < -0.39 is 0 Å². The summed E-state index contributed by atoms with van der Waals surface area (Å²) in [5.74, 6) is 1.00. The lowest BCUT2D eigenvalue weighted by Gasteiger charge is -2.31. The SMILES string of the molecule is Cc1nsc(N2CCC(c3cc(=O)[nH]o3)CC2)c1C#N. The summed E-state index contributed by atoms with van der Waals surface area (Å²) >= 11 is 1.38. The first-order valence-corrected chi connectivity index (χ1v) is 7.26. The predicted molar refractivity (Wildman–Crippen MR) is 75.1 cm³/mol. The standard InChI is InChI=1S/C13H14N4O2S/c1-8-10(7-14)13(20-16-8)17-4-2-9(3-5-17)11-6-12(18)15-19-11/h6,9H,2-5H2,1H3,(H,15,18). The van der Waals surface area contributed by atoms with Gasteiger partial charge in [-0.1, -0.05) is 0 Å². The number of aromatic nitrogens is 2. The Balaban J connectivity index is 1.72. The average Bonchev–Trinajstić information content (AvgIpc) is 3.05. The Morgan fingerprint density at radius 2 is 2.30 bits per heavy atom. The minimum Gasteiger partial charge on any atom is -0.383 e. The second-order valence-corrected chi connectivity index (χ2v) is 5.69. The molecule has 1 saturated heterocycles. The van der Waals surface area contributed by atoms with Crippen molar-refractivity contribution in [3.63, 3.8) is 0 Å². The molecular weight excluding hydrogens is 276 g/mol. The van der Waals surface area contributed by atoms with E-state index in [4.69, 9.17) is 4.52 Å². The zero-order valence-corrected chi connectivity index (χ0v) is 11.9. The molecule has 2 aromatic rings. The molecule has 1 aliphatic heterocycles. The van der Waals surface area contributed by atoms with E-state index in [1.54, 1.807) is 0 Å². The summed E-state index contributed by atoms with van der Waals surface area (Å²) < 4.78 is 9.43. The van der Waals surface area contributed by atoms with Crippen molar-refractivity contribution >= 4 is 16.5 Å². The molecule has 2 aromatic heterocycles. The minimum atomic E-state index is -0.188. The highest BCUT2D eigenvalue weighted by molar-refractivity contribution is 7.10. The van der Waals surface area contributed by atoms with Gasteiger partial charge in [0.05, 0.1) is 5.69 Å². The maximum atomic E-state index is 11.1. The number of anilines is 1. The van der Waals surface area contributed by atoms with E-state index in [2.05, 4.69) is 20.5 Å². The Morgan fingerprint density at radius 3 is 2.90 bits per heavy atom. The Morgan fingerprint density at radius 1 is 1.55 bits per heavy atom. The van der Waals surface area contributed by atoms with E-state index in [-0.39, 0.29) is 11.5 Å². The van der Waals surface area contributed by atoms with Crippen molar-refractivity contribution in [3.8, 4) is 6.07 Å². The van der Waals surface area contributed by atoms with Crippen LogP contribution in [0.15, 0.2) is 15.4 Å². The minimum absolute atomic E-state index is 0.188. The number of aromatic amines is 1. The van der Waals surface area contributed by atoms with Crippen molar-refractivity contribution in [1.82, 2.24) is 9.53 Å². The lowest BCUT2D eigenvalue weighted by molar-refractivity contribution is 0.334. The fourth-order valence-corrected chi connectivity index (χ4v) is 3.47. The summed E-state index contributed by atoms with van der Waals surface area (Å²) in [5, 5.41) is 12.5. The number of nitrogens with zero attached hydrogens (tertiary/aromatic N) is 3. The number of rotatable bonds is 2. The Bertz CT molecular complexity index is 701. The fraction of sp³-hybridized carbons (Fsp3) is 0.462. The lowest BCUT2D eigenvalue weighted by atomic mass is 9.94. The maximum absolute atomic E-state index is 11.1. The van der Waals surface area contributed by atoms with Gasteiger partial charge in [0.15, 0.2) is 0 Å². The maximum Gasteiger partial charge on any atom is 0.280 e. The van der Waals surface area contributed by atoms with Crippen LogP contribution < -0.4 is 10.5 Å². The van der Waals surface area contributed by atoms with E-state index in [9.17, 15) is 10.1 Å². The number of nitriles is 1. The molecule has 0 unspecified atom stereocenters. The topological polar surface area (TPSA) is 85.9 Å². The Labute approximate surface area is 119 Å². The first-order chi connectivity index (χ1) is 9.69. The molecule has 0 atom stereocenters. The number of H-pyrrole nitrogens is 1. The molecule has 3 rings (SSSR count). The summed E-state index contributed by atoms with van der Waals surface area (Å²) in [6.07, 6.45) is 1.81. The third kappa shape index (κ3) is 2.23. The molecule has 1 fully saturated rings. The summed E-state index contributed by atoms with van der Waals surface area (Å²) in [7, 11) is 0. The van der Waals surface area contributed by atoms with Crippen LogP contribution >= 0.6 is 11.5 Å². The summed E-state index contributed by atoms with van der Waals surface area (Å²) in [4.78, 5) is 13.3. The summed E-state index contributed by atoms with van der Waals surface area (Å²) in [5.41, 5.74) is 1.29. The van der Waals surface area contributed by atoms with Crippen molar-refractivity contribution < 1.29 is 4.52 Å². The van der Waals surface area contributed by atoms with Gasteiger partial charge in [0.1, 0.15) is 22.4 Å². The van der Waals surface area contributed by atoms with Crippen molar-refractivity contribution in [2.45, 2.75) is 25.7 Å². The molecule has 0 bridgehead atoms. The van der Waals surface area contributed by atoms with Crippen LogP contribution in [0.2, 0.25) is 0 Å². The third-order valence-corrected chi connectivity index (χ3v) is 4.68. The van der Waals surface area contributed by atoms with Gasteiger partial charge in [0.2, 0.25) is 0 Å². The average molecular weight is 290 g/mol. The first kappa shape index (κ1) is 12.9. The van der Waals surface area contributed by atoms with Crippen LogP contribution in [0.3, 0.4) is 0 Å². The van der Waals surface area contributed by atoms with Gasteiger partial charge in [-0.15, -0.1) is 0 Å². The molecule has 7 heteroatoms. The molecule has 0 aromatic carbocycles. The third-order valence-electron chi connectivity index (χ3n) is 3.68. The quantitative estimate of drug-likeness (QED) is 0.914. The molecule has 6 nitrogen and oxygen atoms in total. The van der Waals surface area contributed by atoms with Crippen LogP contribution in [-0.2, 0) is 0 Å². The molecule has 3 heterocycles. The zero-order chi connectivity index (χ0) is 14.1. The van der Waals surface area contributed by atoms with E-state index in [1.165, 1.54) is 17.6 Å². The highest BCUT2D eigenvalue weighted by Crippen LogP contribution is 2.34. The largest absolute Gasteiger partial charge is 0.383 e. The predicted octanol–water partition coefficient (Wildman–Crippen LogP) is 1.99. The number of nitrogens with one attached hydrogen (secondary N) is 1. The molecule has 20 heavy (non-hydrogen) atoms. The smallest absolute Gasteiger partial charge is 0.280 e. The molecule has 0 saturated carbocycles. The summed E-state index contributed by atoms with van der Waals surface area (Å²) in [6.45, 7) is 3.55. The molecule has 0 spiro atoms. The molecule has 0 amide bonds. The number of hydrogen-bond donors (Lipinski definition) is 1. The van der Waals surface area contributed by atoms with Crippen LogP contribution in [0.4, 0.5) is 5.00 Å². The normalized spacial score (nSPS) is 16.3. The zero-order valence-electron chi connectivity index (χ0n) is 11.0. The van der Waals surface area contributed by atoms with Gasteiger partial charge >= 0.3 is 0 Å². The van der Waals surface area contributed by atoms with E-state index >= 15 is 0 Å². The summed E-state index contributed by atoms with van der Waals surface area (Å²) in [6, 6.07) is 3.75. The van der Waals surface area contributed by atoms with Gasteiger partial charge in [-0.2, -0.15) is 14.8 Å². The van der Waals surface area contributed by atoms with Gasteiger partial charge in [-0.3, -0.25) is 4.79 Å². The number of hydrogen-bond acceptors (Lipinski definition) is 6. The van der Waals surface area contributed by atoms with E-state index in [1.807, 2.05) is 6.92 Å². The van der Waals surface area contributed by atoms with Crippen LogP contribution in [0.1, 0.15) is 35.8 Å². The van der Waals surface area contributed by atoms with Crippen LogP contribution in [0.25, 0.3) is 0 Å². The molecular formula is C13H14N4O2S. The van der Waals surface area contributed by atoms with Crippen molar-refractivity contribution in [3.05, 3.63) is 33.4 Å². The van der Waals surface area contributed by atoms with Crippen molar-refractivity contribution in [2.24, 2.45) is 0 Å². The van der Waals surface area contributed by atoms with Gasteiger partial charge in [-0.05, 0) is 31.3 Å². The molecule has 1 N–H and O–H groups in total. The second kappa shape index (κ2) is 5.13. The number of piperidine rings is 1. The molecule has 0 radical (unpaired) electrons. The Hall–Kier alpha value is -2.07. The second-order valence-electron chi connectivity index (χ2n) is 4.94. The highest BCUT2D eigenvalue weighted by Gasteiger charge is 2.26. The van der Waals surface area contributed by atoms with Crippen LogP contribution in [-0.4, -0.2) is 22.6 Å². The van der Waals surface area contributed by atoms with Gasteiger partial charge in [0, 0.05) is 25.1 Å². The fourth-order valence-electron chi connectivity index (χ4n) is 2.57. The molecule has 1 aliphatic rings. The van der Waals surface area contributed by atoms with E-state index in [0.717, 1.165) is 42.4 Å². The van der Waals surface area contributed by atoms with Crippen molar-refractivity contribution in [1.29, 1.82) is 5.26 Å². The van der Waals surface area contributed by atoms with Crippen LogP contribution in [0.5, 0.6) is 0 Å². The van der Waals surface area contributed by atoms with Crippen LogP contribution in [0, 0.1) is 18.3 Å². The van der Waals surface area contributed by atoms with E-state index in [0.29, 0.717) is 5.56 Å².